The van der Waals surface area contributed by atoms with E-state index >= 15 is 0 Å². The largest absolute Gasteiger partial charge is 0.374 e. The fraction of sp³-hybridized carbons (Fsp3) is 0.500. The van der Waals surface area contributed by atoms with Gasteiger partial charge in [0.2, 0.25) is 0 Å². The van der Waals surface area contributed by atoms with Crippen LogP contribution in [0.4, 0.5) is 4.70 Å². The quantitative estimate of drug-likeness (QED) is 0.415. The van der Waals surface area contributed by atoms with E-state index in [1.165, 1.54) is 6.92 Å². The molecule has 0 rings (SSSR count). The number of hydrogen-bond donors (Lipinski definition) is 1. The number of rotatable bonds is 0. The van der Waals surface area contributed by atoms with Crippen molar-refractivity contribution in [3.63, 3.8) is 0 Å². The minimum Gasteiger partial charge on any atom is -0.374 e. The Balaban J connectivity index is 0. The molecule has 0 bridgehead atoms. The first-order valence-corrected chi connectivity index (χ1v) is 1.14. The summed E-state index contributed by atoms with van der Waals surface area (Å²) in [5, 5.41) is 0. The molecule has 38 valence electrons. The third-order valence-corrected chi connectivity index (χ3v) is 0.166. The molecule has 0 aromatic rings. The van der Waals surface area contributed by atoms with Gasteiger partial charge in [0.15, 0.2) is 0 Å². The zero-order valence-corrected chi connectivity index (χ0v) is 3.30. The first-order valence-electron chi connectivity index (χ1n) is 1.14. The zero-order valence-electron chi connectivity index (χ0n) is 3.30. The fourth-order valence-electron chi connectivity index (χ4n) is 0. The van der Waals surface area contributed by atoms with Crippen molar-refractivity contribution in [2.24, 2.45) is 5.90 Å². The van der Waals surface area contributed by atoms with Gasteiger partial charge in [-0.2, -0.15) is 5.90 Å². The lowest BCUT2D eigenvalue weighted by Crippen LogP contribution is -2.03. The van der Waals surface area contributed by atoms with Gasteiger partial charge < -0.3 is 4.84 Å². The van der Waals surface area contributed by atoms with Gasteiger partial charge in [0.05, 0.1) is 0 Å². The van der Waals surface area contributed by atoms with E-state index in [1.54, 1.807) is 0 Å². The second kappa shape index (κ2) is 4.36. The monoisotopic (exact) mass is 95.0 g/mol. The molecule has 0 unspecified atom stereocenters. The van der Waals surface area contributed by atoms with Gasteiger partial charge in [-0.05, 0) is 0 Å². The van der Waals surface area contributed by atoms with Gasteiger partial charge in [0, 0.05) is 6.92 Å². The maximum absolute atomic E-state index is 9.47. The predicted molar refractivity (Wildman–Crippen MR) is 18.5 cm³/mol. The van der Waals surface area contributed by atoms with Crippen molar-refractivity contribution in [2.45, 2.75) is 6.92 Å². The van der Waals surface area contributed by atoms with Crippen LogP contribution in [-0.4, -0.2) is 5.97 Å². The van der Waals surface area contributed by atoms with Gasteiger partial charge in [0.1, 0.15) is 0 Å². The average molecular weight is 95.1 g/mol. The van der Waals surface area contributed by atoms with Crippen LogP contribution in [0.2, 0.25) is 0 Å². The summed E-state index contributed by atoms with van der Waals surface area (Å²) < 4.78 is 0. The fourth-order valence-corrected chi connectivity index (χ4v) is 0. The van der Waals surface area contributed by atoms with Crippen LogP contribution in [-0.2, 0) is 9.63 Å². The lowest BCUT2D eigenvalue weighted by atomic mass is 10.8. The Hall–Kier alpha value is -0.640. The van der Waals surface area contributed by atoms with Crippen molar-refractivity contribution in [1.29, 1.82) is 0 Å². The second-order valence-electron chi connectivity index (χ2n) is 0.609. The van der Waals surface area contributed by atoms with E-state index in [0.29, 0.717) is 0 Å². The molecule has 2 N–H and O–H groups in total. The van der Waals surface area contributed by atoms with E-state index in [0.717, 1.165) is 0 Å². The highest BCUT2D eigenvalue weighted by Crippen LogP contribution is 1.55. The van der Waals surface area contributed by atoms with E-state index < -0.39 is 5.97 Å². The van der Waals surface area contributed by atoms with E-state index in [-0.39, 0.29) is 4.70 Å². The molecule has 0 spiro atoms. The molecule has 0 atom stereocenters. The standard InChI is InChI=1S/C2H5NO2.FH/c1-2(4)5-3;/h3H2,1H3;1H. The van der Waals surface area contributed by atoms with Crippen LogP contribution in [0.15, 0.2) is 0 Å². The number of hydrogen-bond acceptors (Lipinski definition) is 3. The lowest BCUT2D eigenvalue weighted by Gasteiger charge is -1.79. The smallest absolute Gasteiger partial charge is 0.321 e. The summed E-state index contributed by atoms with van der Waals surface area (Å²) in [5.74, 6) is 3.85. The Bertz CT molecular complexity index is 46.8. The van der Waals surface area contributed by atoms with Crippen LogP contribution in [0.5, 0.6) is 0 Å². The van der Waals surface area contributed by atoms with Crippen LogP contribution in [0.3, 0.4) is 0 Å². The molecular formula is C2H6FNO2. The second-order valence-corrected chi connectivity index (χ2v) is 0.609. The van der Waals surface area contributed by atoms with E-state index in [2.05, 4.69) is 10.7 Å². The van der Waals surface area contributed by atoms with Crippen molar-refractivity contribution in [3.05, 3.63) is 0 Å². The molecular weight excluding hydrogens is 89.0 g/mol. The number of halogens is 1. The van der Waals surface area contributed by atoms with Gasteiger partial charge in [-0.3, -0.25) is 9.50 Å². The van der Waals surface area contributed by atoms with E-state index in [1.807, 2.05) is 0 Å². The highest BCUT2D eigenvalue weighted by atomic mass is 19.0. The molecule has 0 amide bonds. The van der Waals surface area contributed by atoms with Crippen LogP contribution < -0.4 is 5.90 Å². The van der Waals surface area contributed by atoms with Crippen molar-refractivity contribution in [1.82, 2.24) is 0 Å². The minimum atomic E-state index is -0.468. The molecule has 3 nitrogen and oxygen atoms in total. The molecule has 0 fully saturated rings. The van der Waals surface area contributed by atoms with Crippen LogP contribution >= 0.6 is 0 Å². The molecule has 0 radical (unpaired) electrons. The highest BCUT2D eigenvalue weighted by molar-refractivity contribution is 5.65. The summed E-state index contributed by atoms with van der Waals surface area (Å²) in [6, 6.07) is 0. The normalized spacial score (nSPS) is 5.67. The van der Waals surface area contributed by atoms with Gasteiger partial charge in [0.25, 0.3) is 0 Å². The zero-order chi connectivity index (χ0) is 4.28. The summed E-state index contributed by atoms with van der Waals surface area (Å²) in [4.78, 5) is 13.1. The Morgan fingerprint density at radius 2 is 2.00 bits per heavy atom. The first-order chi connectivity index (χ1) is 2.27. The topological polar surface area (TPSA) is 52.3 Å². The molecule has 0 aromatic heterocycles. The van der Waals surface area contributed by atoms with Crippen molar-refractivity contribution < 1.29 is 14.3 Å². The highest BCUT2D eigenvalue weighted by Gasteiger charge is 1.77. The molecule has 0 aliphatic heterocycles. The Morgan fingerprint density at radius 1 is 1.83 bits per heavy atom. The third kappa shape index (κ3) is 10.1. The first kappa shape index (κ1) is 9.03. The van der Waals surface area contributed by atoms with Crippen molar-refractivity contribution in [3.8, 4) is 0 Å². The van der Waals surface area contributed by atoms with E-state index in [4.69, 9.17) is 0 Å². The molecule has 6 heavy (non-hydrogen) atoms. The molecule has 0 aromatic carbocycles. The number of nitrogens with two attached hydrogens (primary N) is 1. The third-order valence-electron chi connectivity index (χ3n) is 0.166. The molecule has 0 aliphatic rings. The number of carbonyl (C=O) groups excluding carboxylic acids is 1. The van der Waals surface area contributed by atoms with Crippen LogP contribution in [0.25, 0.3) is 0 Å². The Kier molecular flexibility index (Phi) is 6.56. The van der Waals surface area contributed by atoms with Gasteiger partial charge in [-0.1, -0.05) is 0 Å². The maximum Gasteiger partial charge on any atom is 0.321 e. The number of carbonyl (C=O) groups is 1. The SMILES string of the molecule is CC(=O)ON.F. The molecule has 4 heteroatoms. The summed E-state index contributed by atoms with van der Waals surface area (Å²) in [7, 11) is 0. The minimum absolute atomic E-state index is 0. The predicted octanol–water partition coefficient (Wildman–Crippen LogP) is -0.424. The van der Waals surface area contributed by atoms with Crippen molar-refractivity contribution in [2.75, 3.05) is 0 Å². The van der Waals surface area contributed by atoms with Crippen LogP contribution in [0, 0.1) is 0 Å². The Labute approximate surface area is 34.4 Å². The Morgan fingerprint density at radius 3 is 2.00 bits per heavy atom. The summed E-state index contributed by atoms with van der Waals surface area (Å²) in [6.07, 6.45) is 0. The summed E-state index contributed by atoms with van der Waals surface area (Å²) >= 11 is 0. The molecule has 0 saturated carbocycles. The molecule has 0 aliphatic carbocycles. The maximum atomic E-state index is 9.47. The molecule has 0 saturated heterocycles. The van der Waals surface area contributed by atoms with Crippen molar-refractivity contribution >= 4 is 5.97 Å². The van der Waals surface area contributed by atoms with Gasteiger partial charge in [-0.15, -0.1) is 0 Å². The van der Waals surface area contributed by atoms with Gasteiger partial charge >= 0.3 is 5.97 Å². The summed E-state index contributed by atoms with van der Waals surface area (Å²) in [5.41, 5.74) is 0. The average Bonchev–Trinajstić information content (AvgIpc) is 1.38. The lowest BCUT2D eigenvalue weighted by molar-refractivity contribution is -0.141. The summed E-state index contributed by atoms with van der Waals surface area (Å²) in [6.45, 7) is 1.24. The molecule has 0 heterocycles. The van der Waals surface area contributed by atoms with Gasteiger partial charge in [-0.25, -0.2) is 0 Å². The van der Waals surface area contributed by atoms with E-state index in [9.17, 15) is 4.79 Å². The van der Waals surface area contributed by atoms with Crippen LogP contribution in [0.1, 0.15) is 6.92 Å².